The van der Waals surface area contributed by atoms with Crippen LogP contribution in [0.15, 0.2) is 23.0 Å². The average Bonchev–Trinajstić information content (AvgIpc) is 3.06. The van der Waals surface area contributed by atoms with Crippen LogP contribution in [0.1, 0.15) is 29.6 Å². The molecule has 3 amide bonds. The van der Waals surface area contributed by atoms with Gasteiger partial charge in [0.2, 0.25) is 11.8 Å². The van der Waals surface area contributed by atoms with Gasteiger partial charge in [-0.05, 0) is 18.9 Å². The molecule has 1 aromatic heterocycles. The maximum absolute atomic E-state index is 12.2. The lowest BCUT2D eigenvalue weighted by Gasteiger charge is -2.32. The molecule has 0 unspecified atom stereocenters. The number of nitrogens with zero attached hydrogens (tertiary/aromatic N) is 1. The van der Waals surface area contributed by atoms with Gasteiger partial charge in [0.05, 0.1) is 17.6 Å². The Labute approximate surface area is 138 Å². The zero-order valence-corrected chi connectivity index (χ0v) is 13.6. The van der Waals surface area contributed by atoms with Crippen LogP contribution in [0.3, 0.4) is 0 Å². The van der Waals surface area contributed by atoms with E-state index in [4.69, 9.17) is 10.2 Å². The van der Waals surface area contributed by atoms with E-state index in [1.54, 1.807) is 11.0 Å². The largest absolute Gasteiger partial charge is 0.472 e. The molecule has 23 heavy (non-hydrogen) atoms. The molecular weight excluding hydrogens is 318 g/mol. The third-order valence-electron chi connectivity index (χ3n) is 3.63. The molecule has 1 saturated heterocycles. The van der Waals surface area contributed by atoms with Gasteiger partial charge >= 0.3 is 0 Å². The molecule has 126 valence electrons. The van der Waals surface area contributed by atoms with E-state index in [0.717, 1.165) is 12.8 Å². The van der Waals surface area contributed by atoms with E-state index in [1.165, 1.54) is 24.3 Å². The number of amides is 3. The molecule has 1 aromatic rings. The first-order valence-electron chi connectivity index (χ1n) is 7.53. The standard InChI is InChI=1S/C15H21N3O4S/c16-13(19)10-23-8-4-14(20)17-12-1-5-18(6-2-12)15(21)11-3-7-22-9-11/h3,7,9,12H,1-2,4-6,8,10H2,(H2,16,19)(H,17,20). The summed E-state index contributed by atoms with van der Waals surface area (Å²) in [5.74, 6) is 0.381. The first kappa shape index (κ1) is 17.4. The van der Waals surface area contributed by atoms with Gasteiger partial charge in [-0.2, -0.15) is 11.8 Å². The lowest BCUT2D eigenvalue weighted by atomic mass is 10.0. The summed E-state index contributed by atoms with van der Waals surface area (Å²) in [7, 11) is 0. The Hall–Kier alpha value is -1.96. The molecule has 1 aliphatic rings. The molecule has 2 rings (SSSR count). The van der Waals surface area contributed by atoms with Crippen LogP contribution < -0.4 is 11.1 Å². The number of furan rings is 1. The number of primary amides is 1. The molecule has 1 fully saturated rings. The van der Waals surface area contributed by atoms with Gasteiger partial charge in [-0.1, -0.05) is 0 Å². The van der Waals surface area contributed by atoms with Crippen LogP contribution >= 0.6 is 11.8 Å². The second kappa shape index (κ2) is 8.61. The fourth-order valence-electron chi connectivity index (χ4n) is 2.43. The highest BCUT2D eigenvalue weighted by atomic mass is 32.2. The first-order chi connectivity index (χ1) is 11.1. The van der Waals surface area contributed by atoms with Crippen molar-refractivity contribution in [2.75, 3.05) is 24.6 Å². The summed E-state index contributed by atoms with van der Waals surface area (Å²) >= 11 is 1.36. The Kier molecular flexibility index (Phi) is 6.52. The van der Waals surface area contributed by atoms with E-state index >= 15 is 0 Å². The van der Waals surface area contributed by atoms with Crippen LogP contribution in [0.4, 0.5) is 0 Å². The van der Waals surface area contributed by atoms with Gasteiger partial charge < -0.3 is 20.4 Å². The highest BCUT2D eigenvalue weighted by Crippen LogP contribution is 2.14. The summed E-state index contributed by atoms with van der Waals surface area (Å²) in [6.45, 7) is 1.23. The third kappa shape index (κ3) is 5.63. The van der Waals surface area contributed by atoms with Crippen LogP contribution in [-0.2, 0) is 9.59 Å². The second-order valence-electron chi connectivity index (χ2n) is 5.41. The Balaban J connectivity index is 1.65. The predicted octanol–water partition coefficient (Wildman–Crippen LogP) is 0.609. The number of carbonyl (C=O) groups is 3. The number of rotatable bonds is 7. The number of thioether (sulfide) groups is 1. The first-order valence-corrected chi connectivity index (χ1v) is 8.68. The Morgan fingerprint density at radius 1 is 1.35 bits per heavy atom. The second-order valence-corrected chi connectivity index (χ2v) is 6.52. The maximum atomic E-state index is 12.2. The Bertz CT molecular complexity index is 539. The smallest absolute Gasteiger partial charge is 0.257 e. The molecule has 0 bridgehead atoms. The number of nitrogens with one attached hydrogen (secondary N) is 1. The fourth-order valence-corrected chi connectivity index (χ4v) is 3.11. The van der Waals surface area contributed by atoms with Gasteiger partial charge in [0.15, 0.2) is 0 Å². The van der Waals surface area contributed by atoms with Crippen molar-refractivity contribution in [2.45, 2.75) is 25.3 Å². The highest BCUT2D eigenvalue weighted by molar-refractivity contribution is 7.99. The zero-order valence-electron chi connectivity index (χ0n) is 12.8. The molecule has 3 N–H and O–H groups in total. The summed E-state index contributed by atoms with van der Waals surface area (Å²) in [5, 5.41) is 2.98. The number of carbonyl (C=O) groups excluding carboxylic acids is 3. The summed E-state index contributed by atoms with van der Waals surface area (Å²) in [6, 6.07) is 1.75. The lowest BCUT2D eigenvalue weighted by Crippen LogP contribution is -2.46. The highest BCUT2D eigenvalue weighted by Gasteiger charge is 2.24. The monoisotopic (exact) mass is 339 g/mol. The van der Waals surface area contributed by atoms with Crippen LogP contribution in [0.5, 0.6) is 0 Å². The number of piperidine rings is 1. The molecule has 0 aliphatic carbocycles. The summed E-state index contributed by atoms with van der Waals surface area (Å²) in [5.41, 5.74) is 5.59. The number of hydrogen-bond donors (Lipinski definition) is 2. The van der Waals surface area contributed by atoms with E-state index in [-0.39, 0.29) is 29.5 Å². The van der Waals surface area contributed by atoms with Crippen LogP contribution in [0, 0.1) is 0 Å². The van der Waals surface area contributed by atoms with E-state index < -0.39 is 0 Å². The molecular formula is C15H21N3O4S. The van der Waals surface area contributed by atoms with Crippen LogP contribution in [0.2, 0.25) is 0 Å². The van der Waals surface area contributed by atoms with Crippen molar-refractivity contribution in [3.8, 4) is 0 Å². The van der Waals surface area contributed by atoms with Gasteiger partial charge in [0, 0.05) is 31.3 Å². The van der Waals surface area contributed by atoms with Crippen LogP contribution in [0.25, 0.3) is 0 Å². The molecule has 2 heterocycles. The van der Waals surface area contributed by atoms with E-state index in [9.17, 15) is 14.4 Å². The average molecular weight is 339 g/mol. The normalized spacial score (nSPS) is 15.4. The molecule has 7 nitrogen and oxygen atoms in total. The lowest BCUT2D eigenvalue weighted by molar-refractivity contribution is -0.121. The van der Waals surface area contributed by atoms with E-state index in [0.29, 0.717) is 30.8 Å². The minimum atomic E-state index is -0.370. The zero-order chi connectivity index (χ0) is 16.7. The fraction of sp³-hybridized carbons (Fsp3) is 0.533. The quantitative estimate of drug-likeness (QED) is 0.708. The van der Waals surface area contributed by atoms with Crippen LogP contribution in [-0.4, -0.2) is 53.3 Å². The molecule has 0 atom stereocenters. The summed E-state index contributed by atoms with van der Waals surface area (Å²) in [6.07, 6.45) is 4.77. The van der Waals surface area contributed by atoms with Gasteiger partial charge in [0.25, 0.3) is 5.91 Å². The van der Waals surface area contributed by atoms with E-state index in [2.05, 4.69) is 5.32 Å². The summed E-state index contributed by atoms with van der Waals surface area (Å²) < 4.78 is 4.93. The van der Waals surface area contributed by atoms with Gasteiger partial charge in [-0.25, -0.2) is 0 Å². The van der Waals surface area contributed by atoms with Gasteiger partial charge in [-0.3, -0.25) is 14.4 Å². The van der Waals surface area contributed by atoms with Crippen molar-refractivity contribution < 1.29 is 18.8 Å². The number of nitrogens with two attached hydrogens (primary N) is 1. The Morgan fingerprint density at radius 3 is 2.70 bits per heavy atom. The molecule has 0 spiro atoms. The molecule has 1 aliphatic heterocycles. The van der Waals surface area contributed by atoms with Gasteiger partial charge in [0.1, 0.15) is 6.26 Å². The van der Waals surface area contributed by atoms with Crippen molar-refractivity contribution >= 4 is 29.5 Å². The minimum absolute atomic E-state index is 0.0263. The van der Waals surface area contributed by atoms with Gasteiger partial charge in [-0.15, -0.1) is 0 Å². The Morgan fingerprint density at radius 2 is 2.09 bits per heavy atom. The maximum Gasteiger partial charge on any atom is 0.257 e. The minimum Gasteiger partial charge on any atom is -0.472 e. The SMILES string of the molecule is NC(=O)CSCCC(=O)NC1CCN(C(=O)c2ccoc2)CC1. The topological polar surface area (TPSA) is 106 Å². The number of likely N-dealkylation sites (tertiary alicyclic amines) is 1. The van der Waals surface area contributed by atoms with Crippen molar-refractivity contribution in [1.29, 1.82) is 0 Å². The molecule has 8 heteroatoms. The molecule has 0 radical (unpaired) electrons. The third-order valence-corrected chi connectivity index (χ3v) is 4.61. The van der Waals surface area contributed by atoms with Crippen molar-refractivity contribution in [1.82, 2.24) is 10.2 Å². The number of hydrogen-bond acceptors (Lipinski definition) is 5. The molecule has 0 aromatic carbocycles. The van der Waals surface area contributed by atoms with E-state index in [1.807, 2.05) is 0 Å². The molecule has 0 saturated carbocycles. The predicted molar refractivity (Wildman–Crippen MR) is 86.9 cm³/mol. The van der Waals surface area contributed by atoms with Crippen molar-refractivity contribution in [3.05, 3.63) is 24.2 Å². The van der Waals surface area contributed by atoms with Crippen molar-refractivity contribution in [3.63, 3.8) is 0 Å². The van der Waals surface area contributed by atoms with Crippen molar-refractivity contribution in [2.24, 2.45) is 5.73 Å². The summed E-state index contributed by atoms with van der Waals surface area (Å²) in [4.78, 5) is 36.4.